The van der Waals surface area contributed by atoms with Gasteiger partial charge in [0.15, 0.2) is 0 Å². The molecule has 108 valence electrons. The van der Waals surface area contributed by atoms with E-state index < -0.39 is 0 Å². The van der Waals surface area contributed by atoms with Gasteiger partial charge in [-0.3, -0.25) is 0 Å². The summed E-state index contributed by atoms with van der Waals surface area (Å²) in [6.07, 6.45) is 1.08. The van der Waals surface area contributed by atoms with E-state index >= 15 is 0 Å². The Morgan fingerprint density at radius 3 is 2.37 bits per heavy atom. The van der Waals surface area contributed by atoms with Crippen molar-refractivity contribution < 1.29 is 0 Å². The van der Waals surface area contributed by atoms with Gasteiger partial charge in [0, 0.05) is 12.6 Å². The molecule has 0 fully saturated rings. The van der Waals surface area contributed by atoms with Crippen LogP contribution in [0.2, 0.25) is 0 Å². The maximum Gasteiger partial charge on any atom is 0.0213 e. The van der Waals surface area contributed by atoms with Crippen LogP contribution in [0.4, 0.5) is 0 Å². The summed E-state index contributed by atoms with van der Waals surface area (Å²) in [5, 5.41) is 3.57. The van der Waals surface area contributed by atoms with Crippen LogP contribution in [0.15, 0.2) is 18.2 Å². The lowest BCUT2D eigenvalue weighted by Crippen LogP contribution is -2.41. The topological polar surface area (TPSA) is 38.0 Å². The minimum Gasteiger partial charge on any atom is -0.329 e. The quantitative estimate of drug-likeness (QED) is 0.791. The summed E-state index contributed by atoms with van der Waals surface area (Å²) in [5.41, 5.74) is 10.1. The first kappa shape index (κ1) is 16.2. The van der Waals surface area contributed by atoms with E-state index in [9.17, 15) is 0 Å². The van der Waals surface area contributed by atoms with E-state index in [1.165, 1.54) is 16.7 Å². The lowest BCUT2D eigenvalue weighted by molar-refractivity contribution is 0.409. The third kappa shape index (κ3) is 4.96. The van der Waals surface area contributed by atoms with E-state index in [4.69, 9.17) is 5.73 Å². The molecular formula is C17H30N2. The van der Waals surface area contributed by atoms with Gasteiger partial charge in [0.05, 0.1) is 0 Å². The molecule has 0 aromatic heterocycles. The fourth-order valence-electron chi connectivity index (χ4n) is 2.30. The highest BCUT2D eigenvalue weighted by atomic mass is 14.9. The monoisotopic (exact) mass is 262 g/mol. The van der Waals surface area contributed by atoms with Crippen LogP contribution in [0, 0.1) is 12.8 Å². The van der Waals surface area contributed by atoms with Gasteiger partial charge in [-0.2, -0.15) is 0 Å². The number of hydrogen-bond donors (Lipinski definition) is 2. The Labute approximate surface area is 118 Å². The van der Waals surface area contributed by atoms with Crippen molar-refractivity contribution in [2.45, 2.75) is 53.0 Å². The van der Waals surface area contributed by atoms with Crippen LogP contribution in [0.25, 0.3) is 0 Å². The molecule has 0 radical (unpaired) electrons. The zero-order valence-corrected chi connectivity index (χ0v) is 13.2. The molecule has 1 aromatic carbocycles. The summed E-state index contributed by atoms with van der Waals surface area (Å²) in [4.78, 5) is 0. The van der Waals surface area contributed by atoms with Crippen molar-refractivity contribution >= 4 is 0 Å². The van der Waals surface area contributed by atoms with E-state index in [0.29, 0.717) is 24.4 Å². The van der Waals surface area contributed by atoms with Gasteiger partial charge in [0.25, 0.3) is 0 Å². The summed E-state index contributed by atoms with van der Waals surface area (Å²) in [7, 11) is 0. The Hall–Kier alpha value is -0.860. The SMILES string of the molecule is Cc1ccc(C(C)C)cc1CCNC(CN)C(C)C. The second-order valence-electron chi connectivity index (χ2n) is 6.13. The van der Waals surface area contributed by atoms with E-state index in [2.05, 4.69) is 58.1 Å². The van der Waals surface area contributed by atoms with Crippen LogP contribution in [-0.4, -0.2) is 19.1 Å². The number of benzene rings is 1. The molecule has 2 nitrogen and oxygen atoms in total. The Bertz CT molecular complexity index is 383. The zero-order chi connectivity index (χ0) is 14.4. The summed E-state index contributed by atoms with van der Waals surface area (Å²) >= 11 is 0. The van der Waals surface area contributed by atoms with Crippen LogP contribution in [-0.2, 0) is 6.42 Å². The fourth-order valence-corrected chi connectivity index (χ4v) is 2.30. The zero-order valence-electron chi connectivity index (χ0n) is 13.2. The van der Waals surface area contributed by atoms with Gasteiger partial charge in [0.1, 0.15) is 0 Å². The number of aryl methyl sites for hydroxylation is 1. The second-order valence-corrected chi connectivity index (χ2v) is 6.13. The third-order valence-corrected chi connectivity index (χ3v) is 3.90. The first-order valence-electron chi connectivity index (χ1n) is 7.48. The second kappa shape index (κ2) is 7.66. The molecule has 0 amide bonds. The standard InChI is InChI=1S/C17H30N2/c1-12(2)15-7-6-14(5)16(10-15)8-9-19-17(11-18)13(3)4/h6-7,10,12-13,17,19H,8-9,11,18H2,1-5H3. The first-order valence-corrected chi connectivity index (χ1v) is 7.48. The molecular weight excluding hydrogens is 232 g/mol. The summed E-state index contributed by atoms with van der Waals surface area (Å²) < 4.78 is 0. The predicted octanol–water partition coefficient (Wildman–Crippen LogP) is 3.23. The van der Waals surface area contributed by atoms with Crippen molar-refractivity contribution in [3.63, 3.8) is 0 Å². The Morgan fingerprint density at radius 2 is 1.84 bits per heavy atom. The van der Waals surface area contributed by atoms with Gasteiger partial charge >= 0.3 is 0 Å². The van der Waals surface area contributed by atoms with Crippen molar-refractivity contribution in [2.75, 3.05) is 13.1 Å². The molecule has 0 bridgehead atoms. The highest BCUT2D eigenvalue weighted by molar-refractivity contribution is 5.32. The average Bonchev–Trinajstić information content (AvgIpc) is 2.35. The highest BCUT2D eigenvalue weighted by Gasteiger charge is 2.10. The maximum atomic E-state index is 5.78. The maximum absolute atomic E-state index is 5.78. The average molecular weight is 262 g/mol. The van der Waals surface area contributed by atoms with Crippen molar-refractivity contribution in [2.24, 2.45) is 11.7 Å². The molecule has 2 heteroatoms. The molecule has 0 aliphatic carbocycles. The third-order valence-electron chi connectivity index (χ3n) is 3.90. The van der Waals surface area contributed by atoms with Gasteiger partial charge in [-0.05, 0) is 48.4 Å². The van der Waals surface area contributed by atoms with Crippen LogP contribution >= 0.6 is 0 Å². The number of nitrogens with two attached hydrogens (primary N) is 1. The molecule has 19 heavy (non-hydrogen) atoms. The van der Waals surface area contributed by atoms with E-state index in [1.807, 2.05) is 0 Å². The van der Waals surface area contributed by atoms with Crippen LogP contribution < -0.4 is 11.1 Å². The Balaban J connectivity index is 2.59. The summed E-state index contributed by atoms with van der Waals surface area (Å²) in [6.45, 7) is 12.8. The number of hydrogen-bond acceptors (Lipinski definition) is 2. The summed E-state index contributed by atoms with van der Waals surface area (Å²) in [5.74, 6) is 1.19. The molecule has 3 N–H and O–H groups in total. The van der Waals surface area contributed by atoms with Crippen molar-refractivity contribution in [1.29, 1.82) is 0 Å². The van der Waals surface area contributed by atoms with Crippen molar-refractivity contribution in [1.82, 2.24) is 5.32 Å². The molecule has 0 spiro atoms. The highest BCUT2D eigenvalue weighted by Crippen LogP contribution is 2.18. The molecule has 0 aliphatic heterocycles. The smallest absolute Gasteiger partial charge is 0.0213 e. The minimum absolute atomic E-state index is 0.425. The van der Waals surface area contributed by atoms with Crippen LogP contribution in [0.3, 0.4) is 0 Å². The van der Waals surface area contributed by atoms with E-state index in [0.717, 1.165) is 13.0 Å². The largest absolute Gasteiger partial charge is 0.329 e. The van der Waals surface area contributed by atoms with Gasteiger partial charge < -0.3 is 11.1 Å². The number of rotatable bonds is 7. The molecule has 0 saturated carbocycles. The van der Waals surface area contributed by atoms with Crippen molar-refractivity contribution in [3.05, 3.63) is 34.9 Å². The van der Waals surface area contributed by atoms with Crippen LogP contribution in [0.1, 0.15) is 50.3 Å². The molecule has 1 aromatic rings. The molecule has 0 heterocycles. The molecule has 0 saturated heterocycles. The minimum atomic E-state index is 0.425. The first-order chi connectivity index (χ1) is 8.95. The van der Waals surface area contributed by atoms with Crippen molar-refractivity contribution in [3.8, 4) is 0 Å². The number of nitrogens with one attached hydrogen (secondary N) is 1. The Morgan fingerprint density at radius 1 is 1.16 bits per heavy atom. The predicted molar refractivity (Wildman–Crippen MR) is 84.7 cm³/mol. The fraction of sp³-hybridized carbons (Fsp3) is 0.647. The normalized spacial score (nSPS) is 13.3. The van der Waals surface area contributed by atoms with Crippen LogP contribution in [0.5, 0.6) is 0 Å². The molecule has 1 unspecified atom stereocenters. The lowest BCUT2D eigenvalue weighted by Gasteiger charge is -2.21. The van der Waals surface area contributed by atoms with Gasteiger partial charge in [-0.1, -0.05) is 45.9 Å². The van der Waals surface area contributed by atoms with E-state index in [1.54, 1.807) is 0 Å². The lowest BCUT2D eigenvalue weighted by atomic mass is 9.96. The van der Waals surface area contributed by atoms with Gasteiger partial charge in [-0.15, -0.1) is 0 Å². The molecule has 1 rings (SSSR count). The molecule has 0 aliphatic rings. The Kier molecular flexibility index (Phi) is 6.53. The van der Waals surface area contributed by atoms with Gasteiger partial charge in [-0.25, -0.2) is 0 Å². The van der Waals surface area contributed by atoms with E-state index in [-0.39, 0.29) is 0 Å². The van der Waals surface area contributed by atoms with Gasteiger partial charge in [0.2, 0.25) is 0 Å². The summed E-state index contributed by atoms with van der Waals surface area (Å²) in [6, 6.07) is 7.27. The molecule has 1 atom stereocenters.